The summed E-state index contributed by atoms with van der Waals surface area (Å²) in [6.45, 7) is 10.3. The fourth-order valence-electron chi connectivity index (χ4n) is 1.36. The maximum atomic E-state index is 4.05. The molecule has 0 aliphatic carbocycles. The Balaban J connectivity index is -0.000000107. The Kier molecular flexibility index (Phi) is 18.6. The van der Waals surface area contributed by atoms with Crippen molar-refractivity contribution < 1.29 is 0 Å². The van der Waals surface area contributed by atoms with E-state index in [9.17, 15) is 0 Å². The van der Waals surface area contributed by atoms with Gasteiger partial charge in [0.15, 0.2) is 0 Å². The van der Waals surface area contributed by atoms with Crippen molar-refractivity contribution in [2.45, 2.75) is 70.5 Å². The molecule has 0 N–H and O–H groups in total. The molecule has 2 rings (SSSR count). The normalized spacial score (nSPS) is 7.80. The van der Waals surface area contributed by atoms with Gasteiger partial charge in [-0.05, 0) is 27.7 Å². The van der Waals surface area contributed by atoms with Crippen molar-refractivity contribution in [2.75, 3.05) is 0 Å². The van der Waals surface area contributed by atoms with E-state index in [0.29, 0.717) is 0 Å². The Morgan fingerprint density at radius 2 is 1.55 bits per heavy atom. The van der Waals surface area contributed by atoms with Crippen LogP contribution in [0.2, 0.25) is 0 Å². The SMILES string of the molecule is C.C.C.C.CCn1cnc(C)c1.CCn1cncc1C. The fourth-order valence-corrected chi connectivity index (χ4v) is 1.36. The van der Waals surface area contributed by atoms with E-state index in [2.05, 4.69) is 39.9 Å². The molecule has 2 heterocycles. The third kappa shape index (κ3) is 8.51. The predicted octanol–water partition coefficient (Wildman–Crippen LogP) is 4.97. The van der Waals surface area contributed by atoms with Crippen LogP contribution in [0.4, 0.5) is 0 Å². The highest BCUT2D eigenvalue weighted by Gasteiger charge is 1.88. The van der Waals surface area contributed by atoms with Gasteiger partial charge in [0.2, 0.25) is 0 Å². The Labute approximate surface area is 126 Å². The Morgan fingerprint density at radius 3 is 1.75 bits per heavy atom. The number of rotatable bonds is 2. The van der Waals surface area contributed by atoms with Gasteiger partial charge >= 0.3 is 0 Å². The molecule has 2 aromatic rings. The Bertz CT molecular complexity index is 416. The van der Waals surface area contributed by atoms with Crippen LogP contribution in [0.25, 0.3) is 0 Å². The number of hydrogen-bond acceptors (Lipinski definition) is 2. The summed E-state index contributed by atoms with van der Waals surface area (Å²) in [6, 6.07) is 0. The van der Waals surface area contributed by atoms with Crippen LogP contribution in [0.1, 0.15) is 54.9 Å². The Hall–Kier alpha value is -1.58. The molecule has 0 aromatic carbocycles. The lowest BCUT2D eigenvalue weighted by molar-refractivity contribution is 0.737. The molecule has 0 radical (unpaired) electrons. The monoisotopic (exact) mass is 284 g/mol. The van der Waals surface area contributed by atoms with Crippen molar-refractivity contribution in [1.82, 2.24) is 19.1 Å². The second kappa shape index (κ2) is 13.8. The maximum absolute atomic E-state index is 4.05. The van der Waals surface area contributed by atoms with E-state index < -0.39 is 0 Å². The summed E-state index contributed by atoms with van der Waals surface area (Å²) >= 11 is 0. The number of hydrogen-bond donors (Lipinski definition) is 0. The molecule has 0 saturated carbocycles. The van der Waals surface area contributed by atoms with E-state index in [0.717, 1.165) is 18.8 Å². The molecular formula is C16H36N4. The summed E-state index contributed by atoms with van der Waals surface area (Å²) in [7, 11) is 0. The fraction of sp³-hybridized carbons (Fsp3) is 0.625. The molecule has 0 fully saturated rings. The van der Waals surface area contributed by atoms with E-state index >= 15 is 0 Å². The zero-order valence-corrected chi connectivity index (χ0v) is 10.5. The molecule has 120 valence electrons. The Morgan fingerprint density at radius 1 is 0.950 bits per heavy atom. The van der Waals surface area contributed by atoms with Gasteiger partial charge in [-0.25, -0.2) is 9.97 Å². The predicted molar refractivity (Wildman–Crippen MR) is 92.2 cm³/mol. The third-order valence-corrected chi connectivity index (χ3v) is 2.39. The second-order valence-corrected chi connectivity index (χ2v) is 3.67. The molecule has 0 spiro atoms. The van der Waals surface area contributed by atoms with Crippen molar-refractivity contribution in [3.05, 3.63) is 36.4 Å². The summed E-state index contributed by atoms with van der Waals surface area (Å²) in [6.07, 6.45) is 7.58. The topological polar surface area (TPSA) is 35.6 Å². The van der Waals surface area contributed by atoms with Gasteiger partial charge in [0.1, 0.15) is 0 Å². The molecule has 0 aliphatic rings. The van der Waals surface area contributed by atoms with Gasteiger partial charge in [0, 0.05) is 31.2 Å². The van der Waals surface area contributed by atoms with Gasteiger partial charge in [0.05, 0.1) is 18.3 Å². The highest BCUT2D eigenvalue weighted by Crippen LogP contribution is 1.93. The molecule has 0 saturated heterocycles. The van der Waals surface area contributed by atoms with E-state index in [1.165, 1.54) is 5.69 Å². The summed E-state index contributed by atoms with van der Waals surface area (Å²) in [4.78, 5) is 8.01. The van der Waals surface area contributed by atoms with Gasteiger partial charge < -0.3 is 9.13 Å². The van der Waals surface area contributed by atoms with Gasteiger partial charge in [-0.2, -0.15) is 0 Å². The van der Waals surface area contributed by atoms with Crippen molar-refractivity contribution in [2.24, 2.45) is 0 Å². The smallest absolute Gasteiger partial charge is 0.0949 e. The van der Waals surface area contributed by atoms with Crippen molar-refractivity contribution in [3.8, 4) is 0 Å². The molecule has 4 heteroatoms. The zero-order chi connectivity index (χ0) is 12.0. The highest BCUT2D eigenvalue weighted by molar-refractivity contribution is 4.93. The van der Waals surface area contributed by atoms with Crippen LogP contribution in [0, 0.1) is 13.8 Å². The zero-order valence-electron chi connectivity index (χ0n) is 10.5. The van der Waals surface area contributed by atoms with Gasteiger partial charge in [-0.3, -0.25) is 0 Å². The standard InChI is InChI=1S/2C6H10N2.4CH4/c1-3-8-4-6(2)7-5-8;1-3-8-5-7-4-6(8)2;;;;/h2*4-5H,3H2,1-2H3;4*1H4. The van der Waals surface area contributed by atoms with E-state index in [4.69, 9.17) is 0 Å². The summed E-state index contributed by atoms with van der Waals surface area (Å²) in [5.74, 6) is 0. The lowest BCUT2D eigenvalue weighted by Gasteiger charge is -1.95. The van der Waals surface area contributed by atoms with Crippen molar-refractivity contribution in [3.63, 3.8) is 0 Å². The first kappa shape index (κ1) is 26.9. The van der Waals surface area contributed by atoms with Crippen molar-refractivity contribution in [1.29, 1.82) is 0 Å². The number of nitrogens with zero attached hydrogens (tertiary/aromatic N) is 4. The molecule has 0 amide bonds. The minimum atomic E-state index is 0. The van der Waals surface area contributed by atoms with Crippen LogP contribution in [0.3, 0.4) is 0 Å². The van der Waals surface area contributed by atoms with E-state index in [1.54, 1.807) is 0 Å². The van der Waals surface area contributed by atoms with Gasteiger partial charge in [-0.15, -0.1) is 0 Å². The number of aromatic nitrogens is 4. The summed E-state index contributed by atoms with van der Waals surface area (Å²) in [5, 5.41) is 0. The molecule has 0 atom stereocenters. The third-order valence-electron chi connectivity index (χ3n) is 2.39. The minimum Gasteiger partial charge on any atom is -0.337 e. The first-order valence-electron chi connectivity index (χ1n) is 5.62. The summed E-state index contributed by atoms with van der Waals surface area (Å²) in [5.41, 5.74) is 2.32. The summed E-state index contributed by atoms with van der Waals surface area (Å²) < 4.78 is 4.15. The maximum Gasteiger partial charge on any atom is 0.0949 e. The number of imidazole rings is 2. The quantitative estimate of drug-likeness (QED) is 0.780. The molecule has 4 nitrogen and oxygen atoms in total. The first-order chi connectivity index (χ1) is 7.67. The van der Waals surface area contributed by atoms with Crippen LogP contribution in [0.15, 0.2) is 25.0 Å². The van der Waals surface area contributed by atoms with Crippen LogP contribution < -0.4 is 0 Å². The first-order valence-corrected chi connectivity index (χ1v) is 5.62. The van der Waals surface area contributed by atoms with E-state index in [1.807, 2.05) is 32.0 Å². The largest absolute Gasteiger partial charge is 0.337 e. The van der Waals surface area contributed by atoms with Crippen LogP contribution in [-0.2, 0) is 13.1 Å². The van der Waals surface area contributed by atoms with Crippen LogP contribution in [0.5, 0.6) is 0 Å². The molecular weight excluding hydrogens is 248 g/mol. The average Bonchev–Trinajstić information content (AvgIpc) is 2.87. The lowest BCUT2D eigenvalue weighted by Crippen LogP contribution is -1.92. The molecule has 20 heavy (non-hydrogen) atoms. The second-order valence-electron chi connectivity index (χ2n) is 3.67. The molecule has 0 bridgehead atoms. The van der Waals surface area contributed by atoms with E-state index in [-0.39, 0.29) is 29.7 Å². The van der Waals surface area contributed by atoms with Crippen molar-refractivity contribution >= 4 is 0 Å². The number of aryl methyl sites for hydroxylation is 4. The molecule has 0 unspecified atom stereocenters. The highest BCUT2D eigenvalue weighted by atomic mass is 15.0. The average molecular weight is 284 g/mol. The van der Waals surface area contributed by atoms with Gasteiger partial charge in [-0.1, -0.05) is 29.7 Å². The molecule has 2 aromatic heterocycles. The van der Waals surface area contributed by atoms with Gasteiger partial charge in [0.25, 0.3) is 0 Å². The van der Waals surface area contributed by atoms with Crippen LogP contribution >= 0.6 is 0 Å². The van der Waals surface area contributed by atoms with Crippen LogP contribution in [-0.4, -0.2) is 19.1 Å². The minimum absolute atomic E-state index is 0. The molecule has 0 aliphatic heterocycles. The lowest BCUT2D eigenvalue weighted by atomic mass is 10.5.